The summed E-state index contributed by atoms with van der Waals surface area (Å²) in [6.07, 6.45) is 12.5. The zero-order valence-electron chi connectivity index (χ0n) is 18.8. The van der Waals surface area contributed by atoms with E-state index in [4.69, 9.17) is 0 Å². The molecule has 0 spiro atoms. The van der Waals surface area contributed by atoms with Gasteiger partial charge in [0, 0.05) is 0 Å². The molecule has 0 aromatic heterocycles. The van der Waals surface area contributed by atoms with Gasteiger partial charge in [-0.2, -0.15) is 0 Å². The normalized spacial score (nSPS) is 18.4. The predicted molar refractivity (Wildman–Crippen MR) is 129 cm³/mol. The van der Waals surface area contributed by atoms with Gasteiger partial charge in [0.15, 0.2) is 0 Å². The third-order valence-corrected chi connectivity index (χ3v) is 5.22. The van der Waals surface area contributed by atoms with E-state index in [-0.39, 0.29) is 5.76 Å². The summed E-state index contributed by atoms with van der Waals surface area (Å²) in [7, 11) is 0. The van der Waals surface area contributed by atoms with Crippen LogP contribution in [0.5, 0.6) is 0 Å². The molecule has 2 rings (SSSR count). The number of carbonyl (C=O) groups excluding carboxylic acids is 1. The van der Waals surface area contributed by atoms with E-state index >= 15 is 0 Å². The molecular weight excluding hydrogens is 368 g/mol. The first-order chi connectivity index (χ1) is 14.2. The molecule has 0 aliphatic heterocycles. The van der Waals surface area contributed by atoms with Crippen LogP contribution < -0.4 is 0 Å². The van der Waals surface area contributed by atoms with E-state index in [2.05, 4.69) is 69.2 Å². The minimum Gasteiger partial charge on any atom is -0.429 e. The first-order valence-electron chi connectivity index (χ1n) is 10.5. The number of hydrogen-bond acceptors (Lipinski definition) is 2. The zero-order chi connectivity index (χ0) is 22.5. The highest BCUT2D eigenvalue weighted by molar-refractivity contribution is 5.46. The third-order valence-electron chi connectivity index (χ3n) is 5.22. The van der Waals surface area contributed by atoms with Crippen LogP contribution in [0.2, 0.25) is 0 Å². The van der Waals surface area contributed by atoms with Crippen LogP contribution in [0.4, 0.5) is 0 Å². The fraction of sp³-hybridized carbons (Fsp3) is 0.321. The molecule has 1 fully saturated rings. The van der Waals surface area contributed by atoms with Gasteiger partial charge in [-0.3, -0.25) is 4.79 Å². The minimum absolute atomic E-state index is 0.257. The van der Waals surface area contributed by atoms with Crippen LogP contribution in [0.25, 0.3) is 0 Å². The second kappa shape index (κ2) is 13.4. The summed E-state index contributed by atoms with van der Waals surface area (Å²) in [6, 6.07) is 9.12. The molecule has 1 aromatic carbocycles. The van der Waals surface area contributed by atoms with E-state index in [1.54, 1.807) is 17.7 Å². The highest BCUT2D eigenvalue weighted by Crippen LogP contribution is 2.35. The summed E-state index contributed by atoms with van der Waals surface area (Å²) in [5.74, 6) is 2.05. The van der Waals surface area contributed by atoms with Gasteiger partial charge in [0.2, 0.25) is 0 Å². The summed E-state index contributed by atoms with van der Waals surface area (Å²) < 4.78 is 4.51. The molecule has 1 aromatic rings. The van der Waals surface area contributed by atoms with Gasteiger partial charge >= 0.3 is 0 Å². The number of rotatable bonds is 8. The summed E-state index contributed by atoms with van der Waals surface area (Å²) >= 11 is 0. The van der Waals surface area contributed by atoms with Crippen molar-refractivity contribution >= 4 is 6.47 Å². The van der Waals surface area contributed by atoms with Crippen LogP contribution in [-0.4, -0.2) is 6.47 Å². The van der Waals surface area contributed by atoms with E-state index in [9.17, 15) is 4.79 Å². The van der Waals surface area contributed by atoms with E-state index < -0.39 is 0 Å². The number of hydrogen-bond donors (Lipinski definition) is 0. The summed E-state index contributed by atoms with van der Waals surface area (Å²) in [6.45, 7) is 21.6. The largest absolute Gasteiger partial charge is 0.429 e. The zero-order valence-corrected chi connectivity index (χ0v) is 18.8. The van der Waals surface area contributed by atoms with E-state index in [1.165, 1.54) is 31.2 Å². The topological polar surface area (TPSA) is 26.3 Å². The van der Waals surface area contributed by atoms with Crippen molar-refractivity contribution in [1.29, 1.82) is 0 Å². The van der Waals surface area contributed by atoms with Crippen molar-refractivity contribution in [2.75, 3.05) is 0 Å². The smallest absolute Gasteiger partial charge is 0.298 e. The quantitative estimate of drug-likeness (QED) is 0.251. The Morgan fingerprint density at radius 2 is 1.43 bits per heavy atom. The number of carbonyl (C=O) groups is 1. The lowest BCUT2D eigenvalue weighted by Crippen LogP contribution is -2.10. The fourth-order valence-corrected chi connectivity index (χ4v) is 3.18. The van der Waals surface area contributed by atoms with Crippen molar-refractivity contribution in [2.24, 2.45) is 5.92 Å². The van der Waals surface area contributed by atoms with Crippen LogP contribution >= 0.6 is 0 Å². The number of ether oxygens (including phenoxy) is 1. The van der Waals surface area contributed by atoms with Gasteiger partial charge in [-0.05, 0) is 61.3 Å². The Labute approximate surface area is 183 Å². The molecule has 0 heterocycles. The summed E-state index contributed by atoms with van der Waals surface area (Å²) in [5.41, 5.74) is 5.35. The summed E-state index contributed by atoms with van der Waals surface area (Å²) in [5, 5.41) is 0. The Morgan fingerprint density at radius 1 is 0.900 bits per heavy atom. The van der Waals surface area contributed by atoms with Gasteiger partial charge < -0.3 is 4.74 Å². The minimum atomic E-state index is 0.257. The van der Waals surface area contributed by atoms with Crippen molar-refractivity contribution < 1.29 is 9.53 Å². The highest BCUT2D eigenvalue weighted by Gasteiger charge is 2.19. The van der Waals surface area contributed by atoms with Gasteiger partial charge in [0.05, 0.1) is 0 Å². The molecule has 0 bridgehead atoms. The number of aryl methyl sites for hydroxylation is 1. The fourth-order valence-electron chi connectivity index (χ4n) is 3.18. The van der Waals surface area contributed by atoms with Crippen molar-refractivity contribution in [1.82, 2.24) is 0 Å². The van der Waals surface area contributed by atoms with Crippen LogP contribution in [0.15, 0.2) is 97.4 Å². The Balaban J connectivity index is 0.000000301. The average Bonchev–Trinajstić information content (AvgIpc) is 2.72. The highest BCUT2D eigenvalue weighted by atomic mass is 16.5. The Kier molecular flexibility index (Phi) is 11.2. The molecule has 1 saturated carbocycles. The van der Waals surface area contributed by atoms with E-state index in [0.29, 0.717) is 12.0 Å². The van der Waals surface area contributed by atoms with Gasteiger partial charge in [-0.1, -0.05) is 99.7 Å². The molecule has 30 heavy (non-hydrogen) atoms. The standard InChI is InChI=1S/C14H16O2.C14H20/c1-11(2)6-7-12(3)13(4)8-9-14(5)16-10-15;1-11-3-7-13(8-4-11)14-9-5-12(2)6-10-14/h6-10H,1,3-5H2,2H3;3-4,7-8,12,14H,5-6,9-10H2,1-2H3/b7-6-,9-8-;. The van der Waals surface area contributed by atoms with Gasteiger partial charge in [-0.15, -0.1) is 0 Å². The van der Waals surface area contributed by atoms with Crippen molar-refractivity contribution in [3.63, 3.8) is 0 Å². The van der Waals surface area contributed by atoms with E-state index in [1.807, 2.05) is 19.1 Å². The average molecular weight is 405 g/mol. The first kappa shape index (κ1) is 25.2. The SMILES string of the molecule is C=C(C)/C=C\C(=C)C(=C)/C=C\C(=C)OC=O.Cc1ccc(C2CCC(C)CC2)cc1. The maximum atomic E-state index is 9.99. The van der Waals surface area contributed by atoms with Crippen LogP contribution in [-0.2, 0) is 9.53 Å². The van der Waals surface area contributed by atoms with Crippen LogP contribution in [0.3, 0.4) is 0 Å². The Hall–Kier alpha value is -2.87. The maximum absolute atomic E-state index is 9.99. The number of allylic oxidation sites excluding steroid dienone is 7. The molecule has 2 nitrogen and oxygen atoms in total. The molecule has 0 atom stereocenters. The van der Waals surface area contributed by atoms with Crippen LogP contribution in [0.1, 0.15) is 56.6 Å². The lowest BCUT2D eigenvalue weighted by Gasteiger charge is -2.26. The van der Waals surface area contributed by atoms with Crippen molar-refractivity contribution in [3.8, 4) is 0 Å². The second-order valence-electron chi connectivity index (χ2n) is 8.11. The molecular formula is C28H36O2. The number of benzene rings is 1. The third kappa shape index (κ3) is 10.1. The van der Waals surface area contributed by atoms with Gasteiger partial charge in [0.25, 0.3) is 6.47 Å². The lowest BCUT2D eigenvalue weighted by molar-refractivity contribution is -0.124. The summed E-state index contributed by atoms with van der Waals surface area (Å²) in [4.78, 5) is 9.99. The van der Waals surface area contributed by atoms with Crippen molar-refractivity contribution in [2.45, 2.75) is 52.4 Å². The predicted octanol–water partition coefficient (Wildman–Crippen LogP) is 7.76. The van der Waals surface area contributed by atoms with Crippen molar-refractivity contribution in [3.05, 3.63) is 108 Å². The van der Waals surface area contributed by atoms with E-state index in [0.717, 1.165) is 23.0 Å². The monoisotopic (exact) mass is 404 g/mol. The molecule has 1 aliphatic rings. The molecule has 160 valence electrons. The molecule has 0 amide bonds. The van der Waals surface area contributed by atoms with Gasteiger partial charge in [0.1, 0.15) is 5.76 Å². The molecule has 0 radical (unpaired) electrons. The molecule has 0 unspecified atom stereocenters. The second-order valence-corrected chi connectivity index (χ2v) is 8.11. The molecule has 1 aliphatic carbocycles. The maximum Gasteiger partial charge on any atom is 0.298 e. The van der Waals surface area contributed by atoms with Gasteiger partial charge in [-0.25, -0.2) is 0 Å². The lowest BCUT2D eigenvalue weighted by atomic mass is 9.79. The van der Waals surface area contributed by atoms with Crippen LogP contribution in [0, 0.1) is 12.8 Å². The molecule has 0 N–H and O–H groups in total. The molecule has 2 heteroatoms. The first-order valence-corrected chi connectivity index (χ1v) is 10.5. The Morgan fingerprint density at radius 3 is 1.93 bits per heavy atom. The molecule has 0 saturated heterocycles. The Bertz CT molecular complexity index is 798.